The quantitative estimate of drug-likeness (QED) is 0.333. The van der Waals surface area contributed by atoms with E-state index >= 15 is 0 Å². The van der Waals surface area contributed by atoms with Crippen LogP contribution >= 0.6 is 0 Å². The normalized spacial score (nSPS) is 15.5. The Morgan fingerprint density at radius 3 is 2.52 bits per heavy atom. The van der Waals surface area contributed by atoms with Crippen molar-refractivity contribution in [2.45, 2.75) is 6.18 Å². The highest BCUT2D eigenvalue weighted by atomic mass is 19.4. The Labute approximate surface area is 161 Å². The van der Waals surface area contributed by atoms with Crippen LogP contribution in [0.2, 0.25) is 0 Å². The maximum Gasteiger partial charge on any atom is 0.416 e. The van der Waals surface area contributed by atoms with Crippen LogP contribution < -0.4 is 0 Å². The first kappa shape index (κ1) is 18.7. The number of nitrogens with zero attached hydrogens (tertiary/aromatic N) is 1. The molecule has 2 heterocycles. The number of benzene rings is 2. The van der Waals surface area contributed by atoms with E-state index in [9.17, 15) is 22.4 Å². The van der Waals surface area contributed by atoms with E-state index in [1.54, 1.807) is 6.07 Å². The number of aliphatic imine (C=N–C) groups is 1. The van der Waals surface area contributed by atoms with Crippen LogP contribution in [0.15, 0.2) is 75.8 Å². The van der Waals surface area contributed by atoms with Gasteiger partial charge in [-0.2, -0.15) is 13.2 Å². The Bertz CT molecular complexity index is 1160. The molecule has 0 unspecified atom stereocenters. The predicted molar refractivity (Wildman–Crippen MR) is 96.2 cm³/mol. The highest BCUT2D eigenvalue weighted by molar-refractivity contribution is 6.12. The second-order valence-electron chi connectivity index (χ2n) is 6.10. The maximum absolute atomic E-state index is 13.8. The van der Waals surface area contributed by atoms with Gasteiger partial charge in [-0.1, -0.05) is 24.3 Å². The Balaban J connectivity index is 1.63. The van der Waals surface area contributed by atoms with Gasteiger partial charge in [-0.15, -0.1) is 0 Å². The van der Waals surface area contributed by atoms with E-state index in [1.165, 1.54) is 48.5 Å². The van der Waals surface area contributed by atoms with E-state index in [0.29, 0.717) is 0 Å². The standard InChI is InChI=1S/C21H11F4NO3/c22-16-7-2-1-6-15(16)19-26-17(20(27)29-19)11-14-8-9-18(28-14)12-4-3-5-13(10-12)21(23,24)25/h1-11H/b17-11+. The van der Waals surface area contributed by atoms with Crippen molar-refractivity contribution in [3.8, 4) is 11.3 Å². The van der Waals surface area contributed by atoms with E-state index in [-0.39, 0.29) is 34.2 Å². The maximum atomic E-state index is 13.8. The first-order chi connectivity index (χ1) is 13.8. The van der Waals surface area contributed by atoms with Crippen LogP contribution in [-0.4, -0.2) is 11.9 Å². The number of carbonyl (C=O) groups excluding carboxylic acids is 1. The zero-order chi connectivity index (χ0) is 20.6. The van der Waals surface area contributed by atoms with Gasteiger partial charge in [0.1, 0.15) is 17.3 Å². The number of furan rings is 1. The van der Waals surface area contributed by atoms with Crippen LogP contribution in [0.1, 0.15) is 16.9 Å². The zero-order valence-electron chi connectivity index (χ0n) is 14.5. The van der Waals surface area contributed by atoms with Gasteiger partial charge in [0.05, 0.1) is 11.1 Å². The van der Waals surface area contributed by atoms with Crippen molar-refractivity contribution in [2.24, 2.45) is 4.99 Å². The van der Waals surface area contributed by atoms with Crippen molar-refractivity contribution in [3.63, 3.8) is 0 Å². The molecule has 0 saturated carbocycles. The molecule has 8 heteroatoms. The number of alkyl halides is 3. The Morgan fingerprint density at radius 2 is 1.76 bits per heavy atom. The average Bonchev–Trinajstić information content (AvgIpc) is 3.29. The van der Waals surface area contributed by atoms with Crippen LogP contribution in [0.3, 0.4) is 0 Å². The molecule has 0 N–H and O–H groups in total. The number of cyclic esters (lactones) is 1. The molecule has 1 aliphatic rings. The highest BCUT2D eigenvalue weighted by Gasteiger charge is 2.31. The summed E-state index contributed by atoms with van der Waals surface area (Å²) in [5.41, 5.74) is -0.652. The Hall–Kier alpha value is -3.68. The van der Waals surface area contributed by atoms with Crippen molar-refractivity contribution in [3.05, 3.63) is 89.1 Å². The van der Waals surface area contributed by atoms with Crippen molar-refractivity contribution in [1.82, 2.24) is 0 Å². The lowest BCUT2D eigenvalue weighted by Crippen LogP contribution is -2.07. The zero-order valence-corrected chi connectivity index (χ0v) is 14.5. The smallest absolute Gasteiger partial charge is 0.416 e. The van der Waals surface area contributed by atoms with Crippen LogP contribution in [0.25, 0.3) is 17.4 Å². The molecule has 29 heavy (non-hydrogen) atoms. The van der Waals surface area contributed by atoms with Gasteiger partial charge in [-0.05, 0) is 36.4 Å². The summed E-state index contributed by atoms with van der Waals surface area (Å²) < 4.78 is 63.0. The number of hydrogen-bond donors (Lipinski definition) is 0. The molecular weight excluding hydrogens is 390 g/mol. The largest absolute Gasteiger partial charge is 0.457 e. The first-order valence-electron chi connectivity index (χ1n) is 8.36. The number of esters is 1. The van der Waals surface area contributed by atoms with Crippen molar-refractivity contribution < 1.29 is 31.5 Å². The third kappa shape index (κ3) is 3.82. The number of ether oxygens (including phenoxy) is 1. The second kappa shape index (κ2) is 7.05. The number of rotatable bonds is 3. The lowest BCUT2D eigenvalue weighted by Gasteiger charge is -2.07. The van der Waals surface area contributed by atoms with Crippen LogP contribution in [0.4, 0.5) is 17.6 Å². The molecule has 146 valence electrons. The van der Waals surface area contributed by atoms with E-state index < -0.39 is 23.5 Å². The molecule has 4 nitrogen and oxygen atoms in total. The van der Waals surface area contributed by atoms with E-state index in [0.717, 1.165) is 12.1 Å². The molecule has 3 aromatic rings. The molecular formula is C21H11F4NO3. The summed E-state index contributed by atoms with van der Waals surface area (Å²) >= 11 is 0. The molecule has 1 aromatic heterocycles. The van der Waals surface area contributed by atoms with Crippen LogP contribution in [-0.2, 0) is 15.7 Å². The van der Waals surface area contributed by atoms with Gasteiger partial charge in [-0.3, -0.25) is 0 Å². The SMILES string of the molecule is O=C1OC(c2ccccc2F)=N/C1=C/c1ccc(-c2cccc(C(F)(F)F)c2)o1. The average molecular weight is 401 g/mol. The minimum Gasteiger partial charge on any atom is -0.457 e. The summed E-state index contributed by atoms with van der Waals surface area (Å²) in [6.45, 7) is 0. The number of carbonyl (C=O) groups is 1. The summed E-state index contributed by atoms with van der Waals surface area (Å²) in [6.07, 6.45) is -3.20. The minimum atomic E-state index is -4.47. The fourth-order valence-corrected chi connectivity index (χ4v) is 2.73. The summed E-state index contributed by atoms with van der Waals surface area (Å²) in [4.78, 5) is 16.0. The topological polar surface area (TPSA) is 51.8 Å². The van der Waals surface area contributed by atoms with Gasteiger partial charge in [-0.25, -0.2) is 14.2 Å². The monoisotopic (exact) mass is 401 g/mol. The van der Waals surface area contributed by atoms with Gasteiger partial charge < -0.3 is 9.15 Å². The lowest BCUT2D eigenvalue weighted by atomic mass is 10.1. The third-order valence-corrected chi connectivity index (χ3v) is 4.10. The summed E-state index contributed by atoms with van der Waals surface area (Å²) in [5.74, 6) is -1.19. The molecule has 0 aliphatic carbocycles. The number of hydrogen-bond acceptors (Lipinski definition) is 4. The fourth-order valence-electron chi connectivity index (χ4n) is 2.73. The van der Waals surface area contributed by atoms with Crippen molar-refractivity contribution in [1.29, 1.82) is 0 Å². The molecule has 0 atom stereocenters. The minimum absolute atomic E-state index is 0.0355. The van der Waals surface area contributed by atoms with Crippen molar-refractivity contribution in [2.75, 3.05) is 0 Å². The van der Waals surface area contributed by atoms with Crippen molar-refractivity contribution >= 4 is 17.9 Å². The fraction of sp³-hybridized carbons (Fsp3) is 0.0476. The molecule has 0 saturated heterocycles. The number of halogens is 4. The molecule has 0 amide bonds. The molecule has 0 spiro atoms. The highest BCUT2D eigenvalue weighted by Crippen LogP contribution is 2.33. The molecule has 2 aromatic carbocycles. The predicted octanol–water partition coefficient (Wildman–Crippen LogP) is 5.45. The molecule has 0 bridgehead atoms. The summed E-state index contributed by atoms with van der Waals surface area (Å²) in [7, 11) is 0. The van der Waals surface area contributed by atoms with Gasteiger partial charge in [0.25, 0.3) is 0 Å². The second-order valence-corrected chi connectivity index (χ2v) is 6.10. The molecule has 1 aliphatic heterocycles. The van der Waals surface area contributed by atoms with Gasteiger partial charge in [0.15, 0.2) is 5.70 Å². The molecule has 0 fully saturated rings. The van der Waals surface area contributed by atoms with Gasteiger partial charge >= 0.3 is 12.1 Å². The third-order valence-electron chi connectivity index (χ3n) is 4.10. The van der Waals surface area contributed by atoms with Gasteiger partial charge in [0.2, 0.25) is 5.90 Å². The van der Waals surface area contributed by atoms with E-state index in [1.807, 2.05) is 0 Å². The Kier molecular flexibility index (Phi) is 4.54. The van der Waals surface area contributed by atoms with E-state index in [4.69, 9.17) is 9.15 Å². The first-order valence-corrected chi connectivity index (χ1v) is 8.36. The molecule has 4 rings (SSSR count). The summed E-state index contributed by atoms with van der Waals surface area (Å²) in [5, 5.41) is 0. The Morgan fingerprint density at radius 1 is 0.966 bits per heavy atom. The van der Waals surface area contributed by atoms with Crippen LogP contribution in [0.5, 0.6) is 0 Å². The molecule has 0 radical (unpaired) electrons. The summed E-state index contributed by atoms with van der Waals surface area (Å²) in [6, 6.07) is 13.3. The van der Waals surface area contributed by atoms with E-state index in [2.05, 4.69) is 4.99 Å². The van der Waals surface area contributed by atoms with Crippen LogP contribution in [0, 0.1) is 5.82 Å². The van der Waals surface area contributed by atoms with Gasteiger partial charge in [0, 0.05) is 11.6 Å². The lowest BCUT2D eigenvalue weighted by molar-refractivity contribution is -0.137.